The molecule has 7 nitrogen and oxygen atoms in total. The number of rotatable bonds is 5. The predicted octanol–water partition coefficient (Wildman–Crippen LogP) is 3.28. The Morgan fingerprint density at radius 1 is 1.07 bits per heavy atom. The molecular weight excluding hydrogens is 372 g/mol. The number of likely N-dealkylation sites (tertiary alicyclic amines) is 1. The summed E-state index contributed by atoms with van der Waals surface area (Å²) in [5.74, 6) is -0.170. The normalized spacial score (nSPS) is 14.8. The molecule has 3 rings (SSSR count). The molecule has 0 bridgehead atoms. The van der Waals surface area contributed by atoms with Crippen molar-refractivity contribution in [1.82, 2.24) is 10.2 Å². The first kappa shape index (κ1) is 20.3. The molecule has 0 atom stereocenters. The standard InChI is InChI=1S/C22H24N2O5/c25-19-6-4-15(13-20(19)26)5-7-21(27)24-10-8-17(9-11-24)18-3-1-2-16(12-18)14-23-22(28)29/h1-7,12-13,17,23,25-26H,8-11,14H2,(H,28,29). The molecule has 2 aromatic rings. The Labute approximate surface area is 168 Å². The van der Waals surface area contributed by atoms with E-state index in [4.69, 9.17) is 5.11 Å². The van der Waals surface area contributed by atoms with Crippen LogP contribution in [0.5, 0.6) is 11.5 Å². The summed E-state index contributed by atoms with van der Waals surface area (Å²) in [7, 11) is 0. The van der Waals surface area contributed by atoms with E-state index in [9.17, 15) is 19.8 Å². The average Bonchev–Trinajstić information content (AvgIpc) is 2.73. The van der Waals surface area contributed by atoms with Crippen LogP contribution in [0.15, 0.2) is 48.5 Å². The van der Waals surface area contributed by atoms with Gasteiger partial charge in [-0.1, -0.05) is 30.3 Å². The Balaban J connectivity index is 1.55. The molecule has 2 aromatic carbocycles. The largest absolute Gasteiger partial charge is 0.504 e. The van der Waals surface area contributed by atoms with Gasteiger partial charge in [-0.15, -0.1) is 0 Å². The quantitative estimate of drug-likeness (QED) is 0.458. The average molecular weight is 396 g/mol. The van der Waals surface area contributed by atoms with Crippen molar-refractivity contribution in [2.45, 2.75) is 25.3 Å². The number of hydrogen-bond acceptors (Lipinski definition) is 4. The lowest BCUT2D eigenvalue weighted by molar-refractivity contribution is -0.126. The third kappa shape index (κ3) is 5.51. The number of aromatic hydroxyl groups is 2. The van der Waals surface area contributed by atoms with E-state index in [2.05, 4.69) is 5.32 Å². The highest BCUT2D eigenvalue weighted by Crippen LogP contribution is 2.29. The summed E-state index contributed by atoms with van der Waals surface area (Å²) in [5, 5.41) is 30.0. The molecule has 1 saturated heterocycles. The molecule has 152 valence electrons. The lowest BCUT2D eigenvalue weighted by Crippen LogP contribution is -2.36. The Bertz CT molecular complexity index is 917. The Morgan fingerprint density at radius 2 is 1.83 bits per heavy atom. The molecule has 1 heterocycles. The van der Waals surface area contributed by atoms with Crippen molar-refractivity contribution in [3.05, 3.63) is 65.2 Å². The van der Waals surface area contributed by atoms with E-state index in [1.807, 2.05) is 24.3 Å². The van der Waals surface area contributed by atoms with Crippen molar-refractivity contribution in [2.75, 3.05) is 13.1 Å². The smallest absolute Gasteiger partial charge is 0.404 e. The summed E-state index contributed by atoms with van der Waals surface area (Å²) in [6.07, 6.45) is 3.74. The molecule has 0 spiro atoms. The fourth-order valence-electron chi connectivity index (χ4n) is 3.48. The second-order valence-corrected chi connectivity index (χ2v) is 7.08. The van der Waals surface area contributed by atoms with Crippen LogP contribution >= 0.6 is 0 Å². The van der Waals surface area contributed by atoms with E-state index in [-0.39, 0.29) is 24.0 Å². The lowest BCUT2D eigenvalue weighted by Gasteiger charge is -2.31. The minimum atomic E-state index is -1.04. The van der Waals surface area contributed by atoms with Crippen molar-refractivity contribution in [1.29, 1.82) is 0 Å². The van der Waals surface area contributed by atoms with E-state index in [1.165, 1.54) is 18.2 Å². The van der Waals surface area contributed by atoms with Gasteiger partial charge in [-0.25, -0.2) is 4.79 Å². The van der Waals surface area contributed by atoms with Gasteiger partial charge in [0, 0.05) is 25.7 Å². The van der Waals surface area contributed by atoms with Crippen LogP contribution in [0.3, 0.4) is 0 Å². The third-order valence-electron chi connectivity index (χ3n) is 5.09. The molecule has 0 radical (unpaired) electrons. The van der Waals surface area contributed by atoms with Gasteiger partial charge in [0.05, 0.1) is 0 Å². The van der Waals surface area contributed by atoms with Crippen LogP contribution in [-0.2, 0) is 11.3 Å². The summed E-state index contributed by atoms with van der Waals surface area (Å²) in [6.45, 7) is 1.57. The number of hydrogen-bond donors (Lipinski definition) is 4. The number of phenolic OH excluding ortho intramolecular Hbond substituents is 2. The first-order chi connectivity index (χ1) is 13.9. The van der Waals surface area contributed by atoms with Crippen LogP contribution < -0.4 is 5.32 Å². The topological polar surface area (TPSA) is 110 Å². The fraction of sp³-hybridized carbons (Fsp3) is 0.273. The predicted molar refractivity (Wildman–Crippen MR) is 109 cm³/mol. The van der Waals surface area contributed by atoms with Crippen LogP contribution in [-0.4, -0.2) is 45.3 Å². The van der Waals surface area contributed by atoms with Crippen molar-refractivity contribution in [3.63, 3.8) is 0 Å². The Hall–Kier alpha value is -3.48. The number of carboxylic acid groups (broad SMARTS) is 1. The Kier molecular flexibility index (Phi) is 6.39. The van der Waals surface area contributed by atoms with Crippen molar-refractivity contribution >= 4 is 18.1 Å². The molecule has 0 aromatic heterocycles. The van der Waals surface area contributed by atoms with Gasteiger partial charge in [0.15, 0.2) is 11.5 Å². The minimum Gasteiger partial charge on any atom is -0.504 e. The number of piperidine rings is 1. The number of nitrogens with one attached hydrogen (secondary N) is 1. The van der Waals surface area contributed by atoms with Gasteiger partial charge in [-0.3, -0.25) is 4.79 Å². The van der Waals surface area contributed by atoms with Gasteiger partial charge in [0.25, 0.3) is 0 Å². The lowest BCUT2D eigenvalue weighted by atomic mass is 9.88. The monoisotopic (exact) mass is 396 g/mol. The molecule has 4 N–H and O–H groups in total. The number of benzene rings is 2. The first-order valence-corrected chi connectivity index (χ1v) is 9.47. The second kappa shape index (κ2) is 9.14. The summed E-state index contributed by atoms with van der Waals surface area (Å²) >= 11 is 0. The number of nitrogens with zero attached hydrogens (tertiary/aromatic N) is 1. The van der Waals surface area contributed by atoms with E-state index in [0.717, 1.165) is 24.0 Å². The van der Waals surface area contributed by atoms with Gasteiger partial charge in [-0.05, 0) is 53.7 Å². The zero-order valence-electron chi connectivity index (χ0n) is 15.9. The molecule has 0 saturated carbocycles. The van der Waals surface area contributed by atoms with Gasteiger partial charge in [-0.2, -0.15) is 0 Å². The maximum Gasteiger partial charge on any atom is 0.404 e. The Morgan fingerprint density at radius 3 is 2.52 bits per heavy atom. The first-order valence-electron chi connectivity index (χ1n) is 9.47. The zero-order chi connectivity index (χ0) is 20.8. The number of carbonyl (C=O) groups is 2. The van der Waals surface area contributed by atoms with Crippen molar-refractivity contribution in [3.8, 4) is 11.5 Å². The van der Waals surface area contributed by atoms with Crippen LogP contribution in [0.4, 0.5) is 4.79 Å². The molecule has 7 heteroatoms. The maximum atomic E-state index is 12.4. The molecule has 0 unspecified atom stereocenters. The summed E-state index contributed by atoms with van der Waals surface area (Å²) in [6, 6.07) is 12.3. The fourth-order valence-corrected chi connectivity index (χ4v) is 3.48. The minimum absolute atomic E-state index is 0.0876. The highest BCUT2D eigenvalue weighted by atomic mass is 16.4. The van der Waals surface area contributed by atoms with Crippen molar-refractivity contribution in [2.24, 2.45) is 0 Å². The molecule has 1 aliphatic heterocycles. The summed E-state index contributed by atoms with van der Waals surface area (Å²) < 4.78 is 0. The molecule has 2 amide bonds. The number of phenols is 2. The van der Waals surface area contributed by atoms with Crippen LogP contribution in [0.25, 0.3) is 6.08 Å². The van der Waals surface area contributed by atoms with Gasteiger partial charge in [0.2, 0.25) is 5.91 Å². The van der Waals surface area contributed by atoms with Gasteiger partial charge in [0.1, 0.15) is 0 Å². The zero-order valence-corrected chi connectivity index (χ0v) is 15.9. The van der Waals surface area contributed by atoms with E-state index >= 15 is 0 Å². The van der Waals surface area contributed by atoms with Crippen LogP contribution in [0.1, 0.15) is 35.4 Å². The van der Waals surface area contributed by atoms with Gasteiger partial charge < -0.3 is 25.5 Å². The molecule has 1 fully saturated rings. The summed E-state index contributed by atoms with van der Waals surface area (Å²) in [5.41, 5.74) is 2.72. The highest BCUT2D eigenvalue weighted by molar-refractivity contribution is 5.92. The van der Waals surface area contributed by atoms with E-state index in [1.54, 1.807) is 17.0 Å². The highest BCUT2D eigenvalue weighted by Gasteiger charge is 2.22. The van der Waals surface area contributed by atoms with E-state index < -0.39 is 6.09 Å². The summed E-state index contributed by atoms with van der Waals surface area (Å²) in [4.78, 5) is 24.9. The third-order valence-corrected chi connectivity index (χ3v) is 5.09. The molecular formula is C22H24N2O5. The SMILES string of the molecule is O=C(O)NCc1cccc(C2CCN(C(=O)C=Cc3ccc(O)c(O)c3)CC2)c1. The molecule has 1 aliphatic rings. The van der Waals surface area contributed by atoms with Gasteiger partial charge >= 0.3 is 6.09 Å². The number of amides is 2. The van der Waals surface area contributed by atoms with Crippen molar-refractivity contribution < 1.29 is 24.9 Å². The molecule has 0 aliphatic carbocycles. The maximum absolute atomic E-state index is 12.4. The number of carbonyl (C=O) groups excluding carboxylic acids is 1. The second-order valence-electron chi connectivity index (χ2n) is 7.08. The van der Waals surface area contributed by atoms with Crippen LogP contribution in [0, 0.1) is 0 Å². The van der Waals surface area contributed by atoms with E-state index in [0.29, 0.717) is 24.6 Å². The molecule has 29 heavy (non-hydrogen) atoms. The van der Waals surface area contributed by atoms with Crippen LogP contribution in [0.2, 0.25) is 0 Å².